The van der Waals surface area contributed by atoms with Gasteiger partial charge in [-0.25, -0.2) is 9.18 Å². The zero-order valence-corrected chi connectivity index (χ0v) is 19.9. The van der Waals surface area contributed by atoms with Gasteiger partial charge >= 0.3 is 18.4 Å². The molecule has 0 radical (unpaired) electrons. The molecule has 1 aliphatic heterocycles. The fraction of sp³-hybridized carbons (Fsp3) is 0.480. The third-order valence-electron chi connectivity index (χ3n) is 6.76. The van der Waals surface area contributed by atoms with Crippen molar-refractivity contribution >= 4 is 6.03 Å². The van der Waals surface area contributed by atoms with Crippen LogP contribution in [0.2, 0.25) is 0 Å². The van der Waals surface area contributed by atoms with E-state index in [1.807, 2.05) is 0 Å². The number of amides is 2. The summed E-state index contributed by atoms with van der Waals surface area (Å²) in [7, 11) is 1.30. The Kier molecular flexibility index (Phi) is 7.92. The van der Waals surface area contributed by atoms with E-state index < -0.39 is 47.4 Å². The molecule has 0 aliphatic carbocycles. The second-order valence-corrected chi connectivity index (χ2v) is 9.13. The summed E-state index contributed by atoms with van der Waals surface area (Å²) in [5.74, 6) is -0.845. The molecular formula is C25H27F7N2O2. The molecule has 0 saturated carbocycles. The van der Waals surface area contributed by atoms with E-state index in [1.54, 1.807) is 6.92 Å². The fourth-order valence-electron chi connectivity index (χ4n) is 4.69. The molecule has 1 aliphatic rings. The summed E-state index contributed by atoms with van der Waals surface area (Å²) in [6.07, 6.45) is -8.89. The molecule has 1 N–H and O–H groups in total. The Labute approximate surface area is 204 Å². The first kappa shape index (κ1) is 27.8. The molecule has 2 aromatic rings. The van der Waals surface area contributed by atoms with Crippen molar-refractivity contribution in [2.75, 3.05) is 20.2 Å². The minimum absolute atomic E-state index is 0.0435. The van der Waals surface area contributed by atoms with E-state index in [1.165, 1.54) is 37.1 Å². The van der Waals surface area contributed by atoms with Crippen LogP contribution in [0.15, 0.2) is 36.4 Å². The summed E-state index contributed by atoms with van der Waals surface area (Å²) in [5.41, 5.74) is -2.07. The quantitative estimate of drug-likeness (QED) is 0.455. The van der Waals surface area contributed by atoms with Gasteiger partial charge in [0.05, 0.1) is 23.2 Å². The molecule has 4 nitrogen and oxygen atoms in total. The third kappa shape index (κ3) is 5.77. The van der Waals surface area contributed by atoms with Gasteiger partial charge in [-0.2, -0.15) is 26.3 Å². The number of likely N-dealkylation sites (tertiary alicyclic amines) is 1. The summed E-state index contributed by atoms with van der Waals surface area (Å²) in [6.45, 7) is 3.01. The highest BCUT2D eigenvalue weighted by atomic mass is 19.4. The summed E-state index contributed by atoms with van der Waals surface area (Å²) >= 11 is 0. The number of benzene rings is 2. The second kappa shape index (κ2) is 10.3. The molecule has 1 fully saturated rings. The van der Waals surface area contributed by atoms with Gasteiger partial charge in [0.15, 0.2) is 0 Å². The van der Waals surface area contributed by atoms with Gasteiger partial charge in [0, 0.05) is 26.1 Å². The summed E-state index contributed by atoms with van der Waals surface area (Å²) in [4.78, 5) is 16.1. The molecule has 1 heterocycles. The first-order chi connectivity index (χ1) is 16.6. The zero-order valence-electron chi connectivity index (χ0n) is 19.9. The van der Waals surface area contributed by atoms with Crippen molar-refractivity contribution in [2.45, 2.75) is 51.1 Å². The Balaban J connectivity index is 1.99. The number of rotatable bonds is 4. The molecule has 3 atom stereocenters. The van der Waals surface area contributed by atoms with Crippen LogP contribution in [0.1, 0.15) is 59.7 Å². The molecule has 198 valence electrons. The predicted octanol–water partition coefficient (Wildman–Crippen LogP) is 6.73. The fourth-order valence-corrected chi connectivity index (χ4v) is 4.69. The molecule has 2 amide bonds. The van der Waals surface area contributed by atoms with Crippen molar-refractivity contribution in [3.8, 4) is 0 Å². The molecule has 0 spiro atoms. The van der Waals surface area contributed by atoms with Crippen LogP contribution < -0.4 is 0 Å². The highest BCUT2D eigenvalue weighted by molar-refractivity contribution is 5.75. The zero-order chi connectivity index (χ0) is 27.0. The normalized spacial score (nSPS) is 19.8. The molecule has 1 saturated heterocycles. The summed E-state index contributed by atoms with van der Waals surface area (Å²) in [5, 5.41) is 9.97. The Bertz CT molecular complexity index is 1070. The van der Waals surface area contributed by atoms with Gasteiger partial charge in [-0.3, -0.25) is 0 Å². The average Bonchev–Trinajstić information content (AvgIpc) is 2.81. The number of aryl methyl sites for hydroxylation is 1. The predicted molar refractivity (Wildman–Crippen MR) is 118 cm³/mol. The SMILES string of the molecule is Cc1cc(F)ccc1C1C(CO)CCCN1C(=O)N(C)C(C)c1cc(C(F)(F)F)cc(C(F)(F)F)c1. The van der Waals surface area contributed by atoms with Crippen molar-refractivity contribution in [1.82, 2.24) is 9.80 Å². The highest BCUT2D eigenvalue weighted by Crippen LogP contribution is 2.41. The maximum absolute atomic E-state index is 13.7. The summed E-state index contributed by atoms with van der Waals surface area (Å²) in [6, 6.07) is 2.92. The van der Waals surface area contributed by atoms with Crippen molar-refractivity contribution in [1.29, 1.82) is 0 Å². The van der Waals surface area contributed by atoms with E-state index in [-0.39, 0.29) is 30.7 Å². The average molecular weight is 520 g/mol. The van der Waals surface area contributed by atoms with Crippen LogP contribution in [0.4, 0.5) is 35.5 Å². The van der Waals surface area contributed by atoms with Gasteiger partial charge in [0.2, 0.25) is 0 Å². The van der Waals surface area contributed by atoms with E-state index in [2.05, 4.69) is 0 Å². The Morgan fingerprint density at radius 3 is 2.17 bits per heavy atom. The maximum atomic E-state index is 13.7. The molecular weight excluding hydrogens is 493 g/mol. The van der Waals surface area contributed by atoms with Crippen LogP contribution in [-0.2, 0) is 12.4 Å². The van der Waals surface area contributed by atoms with Gasteiger partial charge in [-0.05, 0) is 73.7 Å². The van der Waals surface area contributed by atoms with E-state index in [0.29, 0.717) is 36.1 Å². The largest absolute Gasteiger partial charge is 0.416 e. The Morgan fingerprint density at radius 1 is 1.08 bits per heavy atom. The standard InChI is InChI=1S/C25H27F7N2O2/c1-14-9-20(26)6-7-21(14)22-16(13-35)5-4-8-34(22)23(36)33(3)15(2)17-10-18(24(27,28)29)12-19(11-17)25(30,31)32/h6-7,9-12,15-16,22,35H,4-5,8,13H2,1-3H3. The van der Waals surface area contributed by atoms with E-state index in [0.717, 1.165) is 4.90 Å². The van der Waals surface area contributed by atoms with E-state index in [9.17, 15) is 40.6 Å². The van der Waals surface area contributed by atoms with Crippen LogP contribution >= 0.6 is 0 Å². The number of urea groups is 1. The number of aliphatic hydroxyl groups is 1. The van der Waals surface area contributed by atoms with Gasteiger partial charge in [0.1, 0.15) is 5.82 Å². The van der Waals surface area contributed by atoms with Crippen LogP contribution in [-0.4, -0.2) is 41.1 Å². The van der Waals surface area contributed by atoms with Gasteiger partial charge in [0.25, 0.3) is 0 Å². The van der Waals surface area contributed by atoms with E-state index >= 15 is 0 Å². The number of aliphatic hydroxyl groups excluding tert-OH is 1. The Morgan fingerprint density at radius 2 is 1.67 bits per heavy atom. The van der Waals surface area contributed by atoms with Crippen molar-refractivity contribution < 1.29 is 40.6 Å². The molecule has 2 aromatic carbocycles. The number of carbonyl (C=O) groups excluding carboxylic acids is 1. The Hall–Kier alpha value is -2.82. The lowest BCUT2D eigenvalue weighted by Gasteiger charge is -2.44. The maximum Gasteiger partial charge on any atom is 0.416 e. The van der Waals surface area contributed by atoms with Gasteiger partial charge < -0.3 is 14.9 Å². The van der Waals surface area contributed by atoms with Crippen LogP contribution in [0.3, 0.4) is 0 Å². The first-order valence-electron chi connectivity index (χ1n) is 11.3. The smallest absolute Gasteiger partial charge is 0.396 e. The van der Waals surface area contributed by atoms with Gasteiger partial charge in [-0.1, -0.05) is 6.07 Å². The first-order valence-corrected chi connectivity index (χ1v) is 11.3. The number of piperidine rings is 1. The van der Waals surface area contributed by atoms with Crippen molar-refractivity contribution in [3.05, 3.63) is 70.0 Å². The second-order valence-electron chi connectivity index (χ2n) is 9.13. The molecule has 3 unspecified atom stereocenters. The molecule has 36 heavy (non-hydrogen) atoms. The van der Waals surface area contributed by atoms with Crippen molar-refractivity contribution in [2.24, 2.45) is 5.92 Å². The number of alkyl halides is 6. The lowest BCUT2D eigenvalue weighted by Crippen LogP contribution is -2.49. The minimum atomic E-state index is -5.01. The monoisotopic (exact) mass is 520 g/mol. The number of carbonyl (C=O) groups is 1. The van der Waals surface area contributed by atoms with Crippen molar-refractivity contribution in [3.63, 3.8) is 0 Å². The van der Waals surface area contributed by atoms with Crippen LogP contribution in [0.25, 0.3) is 0 Å². The minimum Gasteiger partial charge on any atom is -0.396 e. The number of nitrogens with zero attached hydrogens (tertiary/aromatic N) is 2. The summed E-state index contributed by atoms with van der Waals surface area (Å²) < 4.78 is 93.7. The van der Waals surface area contributed by atoms with Crippen LogP contribution in [0, 0.1) is 18.7 Å². The lowest BCUT2D eigenvalue weighted by atomic mass is 9.83. The molecule has 0 aromatic heterocycles. The van der Waals surface area contributed by atoms with Gasteiger partial charge in [-0.15, -0.1) is 0 Å². The molecule has 3 rings (SSSR count). The third-order valence-corrected chi connectivity index (χ3v) is 6.76. The van der Waals surface area contributed by atoms with E-state index in [4.69, 9.17) is 0 Å². The highest BCUT2D eigenvalue weighted by Gasteiger charge is 2.40. The topological polar surface area (TPSA) is 43.8 Å². The number of hydrogen-bond donors (Lipinski definition) is 1. The number of hydrogen-bond acceptors (Lipinski definition) is 2. The molecule has 11 heteroatoms. The lowest BCUT2D eigenvalue weighted by molar-refractivity contribution is -0.143. The molecule has 0 bridgehead atoms. The number of halogens is 7. The van der Waals surface area contributed by atoms with Crippen LogP contribution in [0.5, 0.6) is 0 Å².